The first-order valence-corrected chi connectivity index (χ1v) is 6.76. The highest BCUT2D eigenvalue weighted by molar-refractivity contribution is 14.1. The van der Waals surface area contributed by atoms with Gasteiger partial charge < -0.3 is 10.1 Å². The molecule has 1 aromatic carbocycles. The fourth-order valence-electron chi connectivity index (χ4n) is 1.26. The highest BCUT2D eigenvalue weighted by Crippen LogP contribution is 2.24. The second kappa shape index (κ2) is 7.18. The van der Waals surface area contributed by atoms with Crippen LogP contribution in [-0.4, -0.2) is 19.1 Å². The van der Waals surface area contributed by atoms with Crippen LogP contribution in [0.25, 0.3) is 0 Å². The van der Waals surface area contributed by atoms with E-state index >= 15 is 0 Å². The Labute approximate surface area is 120 Å². The summed E-state index contributed by atoms with van der Waals surface area (Å²) in [4.78, 5) is 11.6. The molecule has 0 bridgehead atoms. The van der Waals surface area contributed by atoms with Gasteiger partial charge in [-0.3, -0.25) is 4.79 Å². The summed E-state index contributed by atoms with van der Waals surface area (Å²) >= 11 is 8.19. The normalized spacial score (nSPS) is 12.2. The Morgan fingerprint density at radius 2 is 2.29 bits per heavy atom. The Bertz CT molecular complexity index is 398. The van der Waals surface area contributed by atoms with Crippen molar-refractivity contribution in [2.45, 2.75) is 25.9 Å². The molecule has 0 saturated carbocycles. The molecule has 1 unspecified atom stereocenters. The van der Waals surface area contributed by atoms with Gasteiger partial charge in [0.25, 0.3) is 0 Å². The van der Waals surface area contributed by atoms with Crippen molar-refractivity contribution in [3.05, 3.63) is 26.8 Å². The van der Waals surface area contributed by atoms with Gasteiger partial charge >= 0.3 is 0 Å². The Balaban J connectivity index is 2.50. The number of rotatable bonds is 5. The minimum Gasteiger partial charge on any atom is -0.382 e. The van der Waals surface area contributed by atoms with Crippen molar-refractivity contribution in [1.82, 2.24) is 0 Å². The number of halogens is 2. The first-order chi connectivity index (χ1) is 8.02. The molecule has 0 aliphatic carbocycles. The minimum atomic E-state index is -0.0444. The van der Waals surface area contributed by atoms with E-state index < -0.39 is 0 Å². The van der Waals surface area contributed by atoms with Crippen LogP contribution in [0.2, 0.25) is 5.02 Å². The molecule has 17 heavy (non-hydrogen) atoms. The van der Waals surface area contributed by atoms with Crippen LogP contribution in [0.15, 0.2) is 18.2 Å². The number of benzene rings is 1. The molecule has 5 heteroatoms. The monoisotopic (exact) mass is 367 g/mol. The third-order valence-electron chi connectivity index (χ3n) is 2.39. The van der Waals surface area contributed by atoms with E-state index in [2.05, 4.69) is 27.9 Å². The van der Waals surface area contributed by atoms with Crippen molar-refractivity contribution in [3.8, 4) is 0 Å². The van der Waals surface area contributed by atoms with Gasteiger partial charge in [0.05, 0.1) is 16.8 Å². The maximum Gasteiger partial charge on any atom is 0.224 e. The number of amides is 1. The lowest BCUT2D eigenvalue weighted by Gasteiger charge is -2.10. The van der Waals surface area contributed by atoms with E-state index in [1.54, 1.807) is 7.11 Å². The summed E-state index contributed by atoms with van der Waals surface area (Å²) in [5.74, 6) is -0.0444. The summed E-state index contributed by atoms with van der Waals surface area (Å²) < 4.78 is 6.12. The van der Waals surface area contributed by atoms with Gasteiger partial charge in [-0.1, -0.05) is 11.6 Å². The molecule has 1 aromatic rings. The van der Waals surface area contributed by atoms with E-state index in [0.29, 0.717) is 23.6 Å². The number of carbonyl (C=O) groups is 1. The SMILES string of the molecule is COC(C)CCC(=O)Nc1ccc(I)cc1Cl. The summed E-state index contributed by atoms with van der Waals surface area (Å²) in [5.41, 5.74) is 0.655. The molecule has 94 valence electrons. The zero-order valence-corrected chi connectivity index (χ0v) is 12.7. The Morgan fingerprint density at radius 3 is 2.88 bits per heavy atom. The fourth-order valence-corrected chi connectivity index (χ4v) is 2.16. The Kier molecular flexibility index (Phi) is 6.22. The van der Waals surface area contributed by atoms with Gasteiger partial charge in [0.1, 0.15) is 0 Å². The molecule has 0 saturated heterocycles. The largest absolute Gasteiger partial charge is 0.382 e. The lowest BCUT2D eigenvalue weighted by Crippen LogP contribution is -2.15. The van der Waals surface area contributed by atoms with Gasteiger partial charge in [-0.05, 0) is 54.1 Å². The van der Waals surface area contributed by atoms with E-state index in [9.17, 15) is 4.79 Å². The second-order valence-corrected chi connectivity index (χ2v) is 5.41. The molecule has 1 N–H and O–H groups in total. The maximum absolute atomic E-state index is 11.6. The number of ether oxygens (including phenoxy) is 1. The number of nitrogens with one attached hydrogen (secondary N) is 1. The summed E-state index contributed by atoms with van der Waals surface area (Å²) in [7, 11) is 1.64. The van der Waals surface area contributed by atoms with Crippen molar-refractivity contribution < 1.29 is 9.53 Å². The topological polar surface area (TPSA) is 38.3 Å². The summed E-state index contributed by atoms with van der Waals surface area (Å²) in [5, 5.41) is 3.35. The van der Waals surface area contributed by atoms with Gasteiger partial charge in [0.15, 0.2) is 0 Å². The van der Waals surface area contributed by atoms with Crippen LogP contribution >= 0.6 is 34.2 Å². The maximum atomic E-state index is 11.6. The molecular formula is C12H15ClINO2. The third-order valence-corrected chi connectivity index (χ3v) is 3.37. The van der Waals surface area contributed by atoms with E-state index in [-0.39, 0.29) is 12.0 Å². The predicted molar refractivity (Wildman–Crippen MR) is 78.5 cm³/mol. The molecule has 0 aliphatic rings. The molecule has 0 aliphatic heterocycles. The molecule has 0 radical (unpaired) electrons. The van der Waals surface area contributed by atoms with Crippen LogP contribution in [0.4, 0.5) is 5.69 Å². The minimum absolute atomic E-state index is 0.0444. The first kappa shape index (κ1) is 14.7. The van der Waals surface area contributed by atoms with Gasteiger partial charge in [-0.15, -0.1) is 0 Å². The van der Waals surface area contributed by atoms with Crippen molar-refractivity contribution in [2.24, 2.45) is 0 Å². The van der Waals surface area contributed by atoms with Crippen molar-refractivity contribution in [3.63, 3.8) is 0 Å². The van der Waals surface area contributed by atoms with Crippen LogP contribution in [0.1, 0.15) is 19.8 Å². The zero-order valence-electron chi connectivity index (χ0n) is 9.80. The molecule has 1 amide bonds. The number of anilines is 1. The van der Waals surface area contributed by atoms with Gasteiger partial charge in [0, 0.05) is 17.1 Å². The van der Waals surface area contributed by atoms with Crippen molar-refractivity contribution in [1.29, 1.82) is 0 Å². The lowest BCUT2D eigenvalue weighted by atomic mass is 10.2. The average Bonchev–Trinajstić information content (AvgIpc) is 2.29. The van der Waals surface area contributed by atoms with Crippen molar-refractivity contribution in [2.75, 3.05) is 12.4 Å². The number of methoxy groups -OCH3 is 1. The van der Waals surface area contributed by atoms with Crippen LogP contribution in [0, 0.1) is 3.57 Å². The molecule has 0 heterocycles. The van der Waals surface area contributed by atoms with Crippen LogP contribution in [-0.2, 0) is 9.53 Å². The van der Waals surface area contributed by atoms with E-state index in [4.69, 9.17) is 16.3 Å². The third kappa shape index (κ3) is 5.23. The number of hydrogen-bond donors (Lipinski definition) is 1. The molecule has 1 rings (SSSR count). The molecule has 0 spiro atoms. The zero-order chi connectivity index (χ0) is 12.8. The average molecular weight is 368 g/mol. The standard InChI is InChI=1S/C12H15ClINO2/c1-8(17-2)3-6-12(16)15-11-5-4-9(14)7-10(11)13/h4-5,7-8H,3,6H2,1-2H3,(H,15,16). The number of hydrogen-bond acceptors (Lipinski definition) is 2. The molecule has 0 aromatic heterocycles. The highest BCUT2D eigenvalue weighted by atomic mass is 127. The molecule has 0 fully saturated rings. The lowest BCUT2D eigenvalue weighted by molar-refractivity contribution is -0.116. The first-order valence-electron chi connectivity index (χ1n) is 5.30. The highest BCUT2D eigenvalue weighted by Gasteiger charge is 2.08. The van der Waals surface area contributed by atoms with E-state index in [1.807, 2.05) is 25.1 Å². The Hall–Kier alpha value is -0.330. The van der Waals surface area contributed by atoms with Crippen LogP contribution in [0.5, 0.6) is 0 Å². The number of carbonyl (C=O) groups excluding carboxylic acids is 1. The molecular weight excluding hydrogens is 352 g/mol. The fraction of sp³-hybridized carbons (Fsp3) is 0.417. The van der Waals surface area contributed by atoms with E-state index in [1.165, 1.54) is 0 Å². The Morgan fingerprint density at radius 1 is 1.59 bits per heavy atom. The summed E-state index contributed by atoms with van der Waals surface area (Å²) in [6.45, 7) is 1.94. The van der Waals surface area contributed by atoms with Gasteiger partial charge in [0.2, 0.25) is 5.91 Å². The molecule has 1 atom stereocenters. The second-order valence-electron chi connectivity index (χ2n) is 3.76. The van der Waals surface area contributed by atoms with Gasteiger partial charge in [-0.25, -0.2) is 0 Å². The smallest absolute Gasteiger partial charge is 0.224 e. The predicted octanol–water partition coefficient (Wildman–Crippen LogP) is 3.70. The molecule has 3 nitrogen and oxygen atoms in total. The van der Waals surface area contributed by atoms with Crippen molar-refractivity contribution >= 4 is 45.8 Å². The van der Waals surface area contributed by atoms with Crippen LogP contribution in [0.3, 0.4) is 0 Å². The summed E-state index contributed by atoms with van der Waals surface area (Å²) in [6, 6.07) is 5.52. The van der Waals surface area contributed by atoms with E-state index in [0.717, 1.165) is 3.57 Å². The van der Waals surface area contributed by atoms with Gasteiger partial charge in [-0.2, -0.15) is 0 Å². The quantitative estimate of drug-likeness (QED) is 0.806. The van der Waals surface area contributed by atoms with Crippen LogP contribution < -0.4 is 5.32 Å². The summed E-state index contributed by atoms with van der Waals surface area (Å²) in [6.07, 6.45) is 1.22.